The van der Waals surface area contributed by atoms with Crippen molar-refractivity contribution in [2.45, 2.75) is 26.3 Å². The van der Waals surface area contributed by atoms with Gasteiger partial charge in [0.15, 0.2) is 0 Å². The van der Waals surface area contributed by atoms with Crippen molar-refractivity contribution in [2.75, 3.05) is 19.6 Å². The Morgan fingerprint density at radius 1 is 1.35 bits per heavy atom. The second-order valence-corrected chi connectivity index (χ2v) is 3.73. The highest BCUT2D eigenvalue weighted by Crippen LogP contribution is 1.99. The first-order valence-electron chi connectivity index (χ1n) is 5.40. The molecule has 98 valence electrons. The van der Waals surface area contributed by atoms with Crippen molar-refractivity contribution in [3.8, 4) is 0 Å². The van der Waals surface area contributed by atoms with Gasteiger partial charge in [0.05, 0.1) is 19.1 Å². The first kappa shape index (κ1) is 15.4. The second-order valence-electron chi connectivity index (χ2n) is 3.73. The van der Waals surface area contributed by atoms with Gasteiger partial charge in [0.2, 0.25) is 11.8 Å². The number of amides is 2. The molecule has 0 saturated carbocycles. The van der Waals surface area contributed by atoms with Gasteiger partial charge in [-0.3, -0.25) is 19.3 Å². The standard InChI is InChI=1S/C10H19N3O4/c1-3-4-12-10(17)7(2)13(5-8(11)14)6-9(15)16/h7H,3-6H2,1-2H3,(H2,11,14)(H,12,17)(H,15,16). The summed E-state index contributed by atoms with van der Waals surface area (Å²) in [7, 11) is 0. The molecule has 0 aliphatic rings. The van der Waals surface area contributed by atoms with Crippen molar-refractivity contribution in [2.24, 2.45) is 5.73 Å². The third-order valence-electron chi connectivity index (χ3n) is 2.17. The van der Waals surface area contributed by atoms with Crippen LogP contribution in [-0.2, 0) is 14.4 Å². The van der Waals surface area contributed by atoms with Crippen LogP contribution >= 0.6 is 0 Å². The molecule has 17 heavy (non-hydrogen) atoms. The summed E-state index contributed by atoms with van der Waals surface area (Å²) >= 11 is 0. The molecule has 0 bridgehead atoms. The number of aliphatic carboxylic acids is 1. The van der Waals surface area contributed by atoms with Gasteiger partial charge in [0.1, 0.15) is 0 Å². The van der Waals surface area contributed by atoms with E-state index in [1.807, 2.05) is 6.92 Å². The van der Waals surface area contributed by atoms with Crippen LogP contribution in [0.15, 0.2) is 0 Å². The Morgan fingerprint density at radius 3 is 2.35 bits per heavy atom. The fourth-order valence-corrected chi connectivity index (χ4v) is 1.27. The molecule has 0 aromatic heterocycles. The van der Waals surface area contributed by atoms with Crippen molar-refractivity contribution in [3.63, 3.8) is 0 Å². The number of nitrogens with one attached hydrogen (secondary N) is 1. The zero-order chi connectivity index (χ0) is 13.4. The summed E-state index contributed by atoms with van der Waals surface area (Å²) < 4.78 is 0. The number of primary amides is 1. The smallest absolute Gasteiger partial charge is 0.317 e. The maximum atomic E-state index is 11.6. The lowest BCUT2D eigenvalue weighted by molar-refractivity contribution is -0.140. The van der Waals surface area contributed by atoms with Gasteiger partial charge in [-0.2, -0.15) is 0 Å². The summed E-state index contributed by atoms with van der Waals surface area (Å²) in [5.41, 5.74) is 5.00. The number of hydrogen-bond acceptors (Lipinski definition) is 4. The number of hydrogen-bond donors (Lipinski definition) is 3. The van der Waals surface area contributed by atoms with E-state index in [1.54, 1.807) is 0 Å². The number of carboxylic acids is 1. The number of nitrogens with two attached hydrogens (primary N) is 1. The summed E-state index contributed by atoms with van der Waals surface area (Å²) in [6.07, 6.45) is 0.785. The Labute approximate surface area is 100.0 Å². The normalized spacial score (nSPS) is 12.2. The molecule has 1 unspecified atom stereocenters. The lowest BCUT2D eigenvalue weighted by atomic mass is 10.2. The zero-order valence-corrected chi connectivity index (χ0v) is 10.1. The highest BCUT2D eigenvalue weighted by molar-refractivity contribution is 5.84. The van der Waals surface area contributed by atoms with E-state index >= 15 is 0 Å². The first-order chi connectivity index (χ1) is 7.88. The van der Waals surface area contributed by atoms with Gasteiger partial charge in [0.25, 0.3) is 0 Å². The SMILES string of the molecule is CCCNC(=O)C(C)N(CC(N)=O)CC(=O)O. The fourth-order valence-electron chi connectivity index (χ4n) is 1.27. The van der Waals surface area contributed by atoms with Gasteiger partial charge in [-0.25, -0.2) is 0 Å². The molecule has 0 saturated heterocycles. The average Bonchev–Trinajstić information content (AvgIpc) is 2.22. The van der Waals surface area contributed by atoms with Crippen LogP contribution in [0.3, 0.4) is 0 Å². The largest absolute Gasteiger partial charge is 0.480 e. The predicted molar refractivity (Wildman–Crippen MR) is 61.2 cm³/mol. The Balaban J connectivity index is 4.49. The third-order valence-corrected chi connectivity index (χ3v) is 2.17. The molecule has 0 radical (unpaired) electrons. The van der Waals surface area contributed by atoms with Gasteiger partial charge in [0, 0.05) is 6.54 Å². The number of carbonyl (C=O) groups is 3. The maximum absolute atomic E-state index is 11.6. The molecule has 2 amide bonds. The maximum Gasteiger partial charge on any atom is 0.317 e. The summed E-state index contributed by atoms with van der Waals surface area (Å²) in [5, 5.41) is 11.3. The van der Waals surface area contributed by atoms with Gasteiger partial charge >= 0.3 is 5.97 Å². The molecule has 4 N–H and O–H groups in total. The van der Waals surface area contributed by atoms with Crippen LogP contribution in [0.2, 0.25) is 0 Å². The molecule has 0 aromatic rings. The van der Waals surface area contributed by atoms with E-state index in [0.717, 1.165) is 6.42 Å². The van der Waals surface area contributed by atoms with Crippen LogP contribution < -0.4 is 11.1 Å². The highest BCUT2D eigenvalue weighted by Gasteiger charge is 2.24. The Morgan fingerprint density at radius 2 is 1.94 bits per heavy atom. The minimum absolute atomic E-state index is 0.257. The third kappa shape index (κ3) is 6.52. The second kappa shape index (κ2) is 7.61. The molecule has 0 aromatic carbocycles. The van der Waals surface area contributed by atoms with E-state index in [0.29, 0.717) is 6.54 Å². The lowest BCUT2D eigenvalue weighted by Gasteiger charge is -2.25. The predicted octanol–water partition coefficient (Wildman–Crippen LogP) is -1.23. The quantitative estimate of drug-likeness (QED) is 0.496. The van der Waals surface area contributed by atoms with Gasteiger partial charge in [-0.05, 0) is 13.3 Å². The van der Waals surface area contributed by atoms with E-state index < -0.39 is 24.5 Å². The molecule has 7 heteroatoms. The highest BCUT2D eigenvalue weighted by atomic mass is 16.4. The molecule has 0 aliphatic heterocycles. The molecule has 0 heterocycles. The number of rotatable bonds is 8. The molecule has 0 fully saturated rings. The first-order valence-corrected chi connectivity index (χ1v) is 5.40. The van der Waals surface area contributed by atoms with E-state index in [-0.39, 0.29) is 12.5 Å². The number of carboxylic acid groups (broad SMARTS) is 1. The Kier molecular flexibility index (Phi) is 6.88. The van der Waals surface area contributed by atoms with Crippen molar-refractivity contribution in [1.82, 2.24) is 10.2 Å². The molecule has 1 atom stereocenters. The Bertz CT molecular complexity index is 277. The van der Waals surface area contributed by atoms with Crippen molar-refractivity contribution in [3.05, 3.63) is 0 Å². The zero-order valence-electron chi connectivity index (χ0n) is 10.1. The van der Waals surface area contributed by atoms with Crippen molar-refractivity contribution >= 4 is 17.8 Å². The van der Waals surface area contributed by atoms with E-state index in [2.05, 4.69) is 5.32 Å². The summed E-state index contributed by atoms with van der Waals surface area (Å²) in [5.74, 6) is -2.09. The monoisotopic (exact) mass is 245 g/mol. The van der Waals surface area contributed by atoms with Gasteiger partial charge in [-0.1, -0.05) is 6.92 Å². The minimum Gasteiger partial charge on any atom is -0.480 e. The van der Waals surface area contributed by atoms with Crippen LogP contribution in [0.1, 0.15) is 20.3 Å². The molecular formula is C10H19N3O4. The number of nitrogens with zero attached hydrogens (tertiary/aromatic N) is 1. The molecule has 0 rings (SSSR count). The van der Waals surface area contributed by atoms with Crippen LogP contribution in [0, 0.1) is 0 Å². The van der Waals surface area contributed by atoms with Gasteiger partial charge < -0.3 is 16.2 Å². The van der Waals surface area contributed by atoms with Crippen LogP contribution in [0.25, 0.3) is 0 Å². The summed E-state index contributed by atoms with van der Waals surface area (Å²) in [6, 6.07) is -0.704. The molecule has 0 aliphatic carbocycles. The van der Waals surface area contributed by atoms with Crippen molar-refractivity contribution < 1.29 is 19.5 Å². The summed E-state index contributed by atoms with van der Waals surface area (Å²) in [6.45, 7) is 3.30. The molecule has 0 spiro atoms. The topological polar surface area (TPSA) is 113 Å². The van der Waals surface area contributed by atoms with E-state index in [1.165, 1.54) is 11.8 Å². The molecule has 7 nitrogen and oxygen atoms in total. The van der Waals surface area contributed by atoms with Gasteiger partial charge in [-0.15, -0.1) is 0 Å². The van der Waals surface area contributed by atoms with Crippen LogP contribution in [-0.4, -0.2) is 53.5 Å². The summed E-state index contributed by atoms with van der Waals surface area (Å²) in [4.78, 5) is 34.2. The average molecular weight is 245 g/mol. The van der Waals surface area contributed by atoms with E-state index in [9.17, 15) is 14.4 Å². The molecular weight excluding hydrogens is 226 g/mol. The van der Waals surface area contributed by atoms with Crippen molar-refractivity contribution in [1.29, 1.82) is 0 Å². The Hall–Kier alpha value is -1.63. The lowest BCUT2D eigenvalue weighted by Crippen LogP contribution is -2.50. The fraction of sp³-hybridized carbons (Fsp3) is 0.700. The minimum atomic E-state index is -1.11. The number of carbonyl (C=O) groups excluding carboxylic acids is 2. The van der Waals surface area contributed by atoms with Crippen LogP contribution in [0.5, 0.6) is 0 Å². The van der Waals surface area contributed by atoms with Crippen LogP contribution in [0.4, 0.5) is 0 Å². The van der Waals surface area contributed by atoms with E-state index in [4.69, 9.17) is 10.8 Å².